The molecule has 6 nitrogen and oxygen atoms in total. The molecule has 6 heteroatoms. The molecule has 0 saturated heterocycles. The van der Waals surface area contributed by atoms with Crippen LogP contribution in [0.1, 0.15) is 12.8 Å². The van der Waals surface area contributed by atoms with Crippen molar-refractivity contribution in [3.05, 3.63) is 24.8 Å². The van der Waals surface area contributed by atoms with Crippen molar-refractivity contribution in [2.75, 3.05) is 0 Å². The average molecular weight is 216 g/mol. The van der Waals surface area contributed by atoms with Gasteiger partial charge in [-0.25, -0.2) is 9.59 Å². The number of carbonyl (C=O) groups is 3. The zero-order valence-corrected chi connectivity index (χ0v) is 7.92. The van der Waals surface area contributed by atoms with Crippen LogP contribution in [0.5, 0.6) is 0 Å². The molecule has 0 saturated carbocycles. The molecule has 0 spiro atoms. The maximum Gasteiger partial charge on any atom is 0.327 e. The molecule has 0 aliphatic carbocycles. The summed E-state index contributed by atoms with van der Waals surface area (Å²) in [6.07, 6.45) is 3.32. The molecule has 0 bridgehead atoms. The van der Waals surface area contributed by atoms with Crippen molar-refractivity contribution in [2.45, 2.75) is 12.8 Å². The molecule has 3 N–H and O–H groups in total. The van der Waals surface area contributed by atoms with Crippen LogP contribution in [-0.4, -0.2) is 33.2 Å². The highest BCUT2D eigenvalue weighted by atomic mass is 16.4. The van der Waals surface area contributed by atoms with Gasteiger partial charge in [0.2, 0.25) is 0 Å². The first kappa shape index (κ1) is 15.4. The molecule has 0 aromatic carbocycles. The third kappa shape index (κ3) is 24.5. The van der Waals surface area contributed by atoms with Crippen molar-refractivity contribution in [3.63, 3.8) is 0 Å². The summed E-state index contributed by atoms with van der Waals surface area (Å²) in [5, 5.41) is 23.7. The monoisotopic (exact) mass is 216 g/mol. The van der Waals surface area contributed by atoms with Gasteiger partial charge >= 0.3 is 17.9 Å². The van der Waals surface area contributed by atoms with Crippen LogP contribution in [0.2, 0.25) is 0 Å². The number of allylic oxidation sites excluding steroid dienone is 1. The van der Waals surface area contributed by atoms with Gasteiger partial charge in [-0.1, -0.05) is 12.7 Å². The lowest BCUT2D eigenvalue weighted by atomic mass is 10.3. The Hall–Kier alpha value is -2.11. The van der Waals surface area contributed by atoms with E-state index in [1.54, 1.807) is 0 Å². The van der Waals surface area contributed by atoms with Gasteiger partial charge in [-0.3, -0.25) is 4.79 Å². The van der Waals surface area contributed by atoms with Crippen molar-refractivity contribution in [2.24, 2.45) is 0 Å². The molecule has 0 rings (SSSR count). The maximum absolute atomic E-state index is 9.86. The molecule has 0 aromatic rings. The Bertz CT molecular complexity index is 266. The van der Waals surface area contributed by atoms with E-state index in [1.807, 2.05) is 0 Å². The summed E-state index contributed by atoms with van der Waals surface area (Å²) in [6, 6.07) is 0. The lowest BCUT2D eigenvalue weighted by molar-refractivity contribution is -0.137. The Morgan fingerprint density at radius 1 is 1.07 bits per heavy atom. The van der Waals surface area contributed by atoms with Crippen LogP contribution < -0.4 is 0 Å². The number of carboxylic acids is 3. The molecule has 0 amide bonds. The first-order chi connectivity index (χ1) is 6.90. The molecule has 0 aliphatic rings. The van der Waals surface area contributed by atoms with Gasteiger partial charge in [0, 0.05) is 18.6 Å². The Kier molecular flexibility index (Phi) is 10.2. The van der Waals surface area contributed by atoms with Gasteiger partial charge in [-0.2, -0.15) is 0 Å². The summed E-state index contributed by atoms with van der Waals surface area (Å²) in [7, 11) is 0. The lowest BCUT2D eigenvalue weighted by Gasteiger charge is -1.84. The molecule has 0 unspecified atom stereocenters. The predicted molar refractivity (Wildman–Crippen MR) is 51.5 cm³/mol. The van der Waals surface area contributed by atoms with Crippen LogP contribution in [0, 0.1) is 0 Å². The molecular formula is C9H12O6. The number of carboxylic acid groups (broad SMARTS) is 3. The van der Waals surface area contributed by atoms with Gasteiger partial charge in [-0.15, -0.1) is 0 Å². The van der Waals surface area contributed by atoms with E-state index < -0.39 is 17.9 Å². The minimum Gasteiger partial charge on any atom is -0.481 e. The van der Waals surface area contributed by atoms with Crippen LogP contribution in [0.4, 0.5) is 0 Å². The topological polar surface area (TPSA) is 112 Å². The summed E-state index contributed by atoms with van der Waals surface area (Å²) in [5.41, 5.74) is 0. The van der Waals surface area contributed by atoms with E-state index in [0.717, 1.165) is 12.2 Å². The fourth-order valence-electron chi connectivity index (χ4n) is 0.391. The second kappa shape index (κ2) is 9.97. The van der Waals surface area contributed by atoms with Crippen molar-refractivity contribution >= 4 is 17.9 Å². The average Bonchev–Trinajstić information content (AvgIpc) is 2.13. The third-order valence-electron chi connectivity index (χ3n) is 0.960. The first-order valence-electron chi connectivity index (χ1n) is 3.86. The SMILES string of the molecule is C=CC(=O)O.O=C(O)C=CCCC(=O)O. The largest absolute Gasteiger partial charge is 0.481 e. The Balaban J connectivity index is 0. The quantitative estimate of drug-likeness (QED) is 0.584. The molecule has 15 heavy (non-hydrogen) atoms. The van der Waals surface area contributed by atoms with E-state index in [0.29, 0.717) is 0 Å². The van der Waals surface area contributed by atoms with E-state index in [-0.39, 0.29) is 12.8 Å². The van der Waals surface area contributed by atoms with Crippen molar-refractivity contribution < 1.29 is 29.7 Å². The van der Waals surface area contributed by atoms with E-state index in [1.165, 1.54) is 6.08 Å². The fourth-order valence-corrected chi connectivity index (χ4v) is 0.391. The van der Waals surface area contributed by atoms with Gasteiger partial charge in [0.05, 0.1) is 0 Å². The van der Waals surface area contributed by atoms with Crippen LogP contribution in [0.25, 0.3) is 0 Å². The molecule has 0 atom stereocenters. The highest BCUT2D eigenvalue weighted by molar-refractivity contribution is 5.79. The standard InChI is InChI=1S/C6H8O4.C3H4O2/c7-5(8)3-1-2-4-6(9)10;1-2-3(4)5/h1,3H,2,4H2,(H,7,8)(H,9,10);2H,1H2,(H,4,5). The molecule has 0 aliphatic heterocycles. The molecule has 0 fully saturated rings. The van der Waals surface area contributed by atoms with Gasteiger partial charge in [0.25, 0.3) is 0 Å². The maximum atomic E-state index is 9.86. The zero-order chi connectivity index (χ0) is 12.3. The van der Waals surface area contributed by atoms with E-state index in [2.05, 4.69) is 6.58 Å². The van der Waals surface area contributed by atoms with Crippen LogP contribution in [0.15, 0.2) is 24.8 Å². The number of aliphatic carboxylic acids is 3. The summed E-state index contributed by atoms with van der Waals surface area (Å²) in [4.78, 5) is 28.9. The van der Waals surface area contributed by atoms with Crippen molar-refractivity contribution in [1.82, 2.24) is 0 Å². The second-order valence-electron chi connectivity index (χ2n) is 2.22. The van der Waals surface area contributed by atoms with E-state index in [9.17, 15) is 14.4 Å². The normalized spacial score (nSPS) is 8.80. The molecule has 84 valence electrons. The molecule has 0 heterocycles. The number of rotatable bonds is 5. The van der Waals surface area contributed by atoms with Crippen molar-refractivity contribution in [1.29, 1.82) is 0 Å². The van der Waals surface area contributed by atoms with Gasteiger partial charge < -0.3 is 15.3 Å². The van der Waals surface area contributed by atoms with Crippen LogP contribution >= 0.6 is 0 Å². The minimum absolute atomic E-state index is 0.0240. The first-order valence-corrected chi connectivity index (χ1v) is 3.86. The Labute approximate surface area is 86.2 Å². The van der Waals surface area contributed by atoms with Crippen LogP contribution in [0.3, 0.4) is 0 Å². The highest BCUT2D eigenvalue weighted by Crippen LogP contribution is 1.89. The summed E-state index contributed by atoms with van der Waals surface area (Å²) < 4.78 is 0. The third-order valence-corrected chi connectivity index (χ3v) is 0.960. The number of hydrogen-bond acceptors (Lipinski definition) is 3. The Morgan fingerprint density at radius 3 is 1.80 bits per heavy atom. The second-order valence-corrected chi connectivity index (χ2v) is 2.22. The lowest BCUT2D eigenvalue weighted by Crippen LogP contribution is -1.92. The minimum atomic E-state index is -1.05. The fraction of sp³-hybridized carbons (Fsp3) is 0.222. The predicted octanol–water partition coefficient (Wildman–Crippen LogP) is 0.749. The van der Waals surface area contributed by atoms with E-state index >= 15 is 0 Å². The summed E-state index contributed by atoms with van der Waals surface area (Å²) in [5.74, 6) is -2.95. The zero-order valence-electron chi connectivity index (χ0n) is 7.92. The van der Waals surface area contributed by atoms with E-state index in [4.69, 9.17) is 15.3 Å². The smallest absolute Gasteiger partial charge is 0.327 e. The highest BCUT2D eigenvalue weighted by Gasteiger charge is 1.92. The van der Waals surface area contributed by atoms with Crippen molar-refractivity contribution in [3.8, 4) is 0 Å². The number of hydrogen-bond donors (Lipinski definition) is 3. The molecular weight excluding hydrogens is 204 g/mol. The summed E-state index contributed by atoms with van der Waals surface area (Å²) in [6.45, 7) is 2.96. The molecule has 0 radical (unpaired) electrons. The Morgan fingerprint density at radius 2 is 1.53 bits per heavy atom. The van der Waals surface area contributed by atoms with Gasteiger partial charge in [0.15, 0.2) is 0 Å². The summed E-state index contributed by atoms with van der Waals surface area (Å²) >= 11 is 0. The van der Waals surface area contributed by atoms with Gasteiger partial charge in [0.1, 0.15) is 0 Å². The van der Waals surface area contributed by atoms with Crippen LogP contribution in [-0.2, 0) is 14.4 Å². The molecule has 0 aromatic heterocycles. The van der Waals surface area contributed by atoms with Gasteiger partial charge in [-0.05, 0) is 6.42 Å².